The zero-order chi connectivity index (χ0) is 17.9. The van der Waals surface area contributed by atoms with Crippen molar-refractivity contribution in [1.82, 2.24) is 4.40 Å². The molecule has 0 fully saturated rings. The van der Waals surface area contributed by atoms with Crippen LogP contribution in [0.5, 0.6) is 0 Å². The zero-order valence-electron chi connectivity index (χ0n) is 14.9. The highest BCUT2D eigenvalue weighted by Gasteiger charge is 2.29. The van der Waals surface area contributed by atoms with Gasteiger partial charge in [-0.2, -0.15) is 0 Å². The Labute approximate surface area is 151 Å². The third-order valence-corrected chi connectivity index (χ3v) is 5.40. The zero-order valence-corrected chi connectivity index (χ0v) is 14.9. The molecule has 1 aliphatic carbocycles. The molecule has 1 aliphatic rings. The van der Waals surface area contributed by atoms with E-state index in [1.165, 1.54) is 5.56 Å². The van der Waals surface area contributed by atoms with Crippen molar-refractivity contribution in [2.24, 2.45) is 0 Å². The molecule has 2 aromatic carbocycles. The molecule has 2 nitrogen and oxygen atoms in total. The Morgan fingerprint density at radius 3 is 2.46 bits per heavy atom. The summed E-state index contributed by atoms with van der Waals surface area (Å²) in [4.78, 5) is 13.3. The summed E-state index contributed by atoms with van der Waals surface area (Å²) in [5.74, 6) is 0. The first-order valence-corrected chi connectivity index (χ1v) is 8.93. The van der Waals surface area contributed by atoms with Gasteiger partial charge in [-0.05, 0) is 34.7 Å². The van der Waals surface area contributed by atoms with Crippen molar-refractivity contribution in [2.75, 3.05) is 0 Å². The number of pyridine rings is 1. The van der Waals surface area contributed by atoms with E-state index in [9.17, 15) is 4.79 Å². The normalized spacial score (nSPS) is 15.2. The SMILES string of the molecule is CC1(C)C=CC=c2c1c(-c1ccccc1)c1cc3ccccc3c(=O)n21. The Hall–Kier alpha value is -3.13. The second kappa shape index (κ2) is 5.18. The molecule has 5 rings (SSSR count). The van der Waals surface area contributed by atoms with Crippen LogP contribution in [0.4, 0.5) is 0 Å². The smallest absolute Gasteiger partial charge is 0.263 e. The Bertz CT molecular complexity index is 1310. The molecule has 0 aliphatic heterocycles. The Morgan fingerprint density at radius 1 is 0.923 bits per heavy atom. The number of hydrogen-bond donors (Lipinski definition) is 0. The van der Waals surface area contributed by atoms with Gasteiger partial charge in [0, 0.05) is 16.4 Å². The van der Waals surface area contributed by atoms with Gasteiger partial charge in [0.1, 0.15) is 0 Å². The largest absolute Gasteiger partial charge is 0.276 e. The molecule has 0 N–H and O–H groups in total. The van der Waals surface area contributed by atoms with Gasteiger partial charge in [0.05, 0.1) is 10.9 Å². The van der Waals surface area contributed by atoms with Gasteiger partial charge in [0.15, 0.2) is 0 Å². The lowest BCUT2D eigenvalue weighted by atomic mass is 9.79. The molecular weight excluding hydrogens is 318 g/mol. The van der Waals surface area contributed by atoms with Gasteiger partial charge in [0.2, 0.25) is 0 Å². The topological polar surface area (TPSA) is 21.5 Å². The molecule has 0 amide bonds. The van der Waals surface area contributed by atoms with E-state index >= 15 is 0 Å². The highest BCUT2D eigenvalue weighted by molar-refractivity contribution is 5.94. The predicted molar refractivity (Wildman–Crippen MR) is 108 cm³/mol. The van der Waals surface area contributed by atoms with Crippen LogP contribution in [0.25, 0.3) is 33.5 Å². The fourth-order valence-electron chi connectivity index (χ4n) is 4.22. The summed E-state index contributed by atoms with van der Waals surface area (Å²) in [6.45, 7) is 4.43. The summed E-state index contributed by atoms with van der Waals surface area (Å²) in [6.07, 6.45) is 6.35. The van der Waals surface area contributed by atoms with E-state index in [4.69, 9.17) is 0 Å². The highest BCUT2D eigenvalue weighted by Crippen LogP contribution is 2.37. The van der Waals surface area contributed by atoms with Crippen LogP contribution in [0.15, 0.2) is 77.6 Å². The van der Waals surface area contributed by atoms with Crippen molar-refractivity contribution in [2.45, 2.75) is 19.3 Å². The minimum Gasteiger partial charge on any atom is -0.276 e. The quantitative estimate of drug-likeness (QED) is 0.502. The van der Waals surface area contributed by atoms with E-state index in [-0.39, 0.29) is 11.0 Å². The molecule has 0 saturated heterocycles. The van der Waals surface area contributed by atoms with Crippen molar-refractivity contribution in [3.63, 3.8) is 0 Å². The minimum absolute atomic E-state index is 0.0545. The van der Waals surface area contributed by atoms with E-state index in [0.717, 1.165) is 32.8 Å². The Morgan fingerprint density at radius 2 is 1.65 bits per heavy atom. The van der Waals surface area contributed by atoms with E-state index in [2.05, 4.69) is 62.4 Å². The lowest BCUT2D eigenvalue weighted by Gasteiger charge is -2.24. The maximum Gasteiger partial charge on any atom is 0.263 e. The van der Waals surface area contributed by atoms with E-state index in [0.29, 0.717) is 0 Å². The Kier molecular flexibility index (Phi) is 3.02. The van der Waals surface area contributed by atoms with Gasteiger partial charge in [-0.25, -0.2) is 0 Å². The van der Waals surface area contributed by atoms with Crippen LogP contribution in [0.1, 0.15) is 19.4 Å². The first-order valence-electron chi connectivity index (χ1n) is 8.93. The first kappa shape index (κ1) is 15.2. The molecule has 0 radical (unpaired) electrons. The molecule has 126 valence electrons. The van der Waals surface area contributed by atoms with Crippen LogP contribution in [0, 0.1) is 0 Å². The van der Waals surface area contributed by atoms with Crippen LogP contribution in [-0.2, 0) is 5.41 Å². The summed E-state index contributed by atoms with van der Waals surface area (Å²) in [5.41, 5.74) is 4.43. The predicted octanol–water partition coefficient (Wildman–Crippen LogP) is 4.47. The van der Waals surface area contributed by atoms with Crippen LogP contribution < -0.4 is 10.9 Å². The maximum absolute atomic E-state index is 13.3. The molecule has 0 spiro atoms. The number of nitrogens with zero attached hydrogens (tertiary/aromatic N) is 1. The summed E-state index contributed by atoms with van der Waals surface area (Å²) in [6, 6.07) is 20.4. The number of fused-ring (bicyclic) bond motifs is 4. The number of rotatable bonds is 1. The van der Waals surface area contributed by atoms with E-state index in [1.807, 2.05) is 34.7 Å². The molecule has 4 aromatic rings. The molecule has 0 bridgehead atoms. The maximum atomic E-state index is 13.3. The molecular formula is C24H19NO. The van der Waals surface area contributed by atoms with Crippen molar-refractivity contribution >= 4 is 22.4 Å². The molecule has 0 unspecified atom stereocenters. The summed E-state index contributed by atoms with van der Waals surface area (Å²) >= 11 is 0. The van der Waals surface area contributed by atoms with Gasteiger partial charge in [-0.1, -0.05) is 74.5 Å². The number of benzene rings is 2. The fourth-order valence-corrected chi connectivity index (χ4v) is 4.22. The fraction of sp³-hybridized carbons (Fsp3) is 0.125. The molecule has 2 aromatic heterocycles. The highest BCUT2D eigenvalue weighted by atomic mass is 16.1. The van der Waals surface area contributed by atoms with Gasteiger partial charge < -0.3 is 0 Å². The van der Waals surface area contributed by atoms with Crippen molar-refractivity contribution in [3.05, 3.63) is 94.1 Å². The number of aromatic nitrogens is 1. The van der Waals surface area contributed by atoms with Crippen LogP contribution >= 0.6 is 0 Å². The van der Waals surface area contributed by atoms with Crippen molar-refractivity contribution in [1.29, 1.82) is 0 Å². The third kappa shape index (κ3) is 1.96. The van der Waals surface area contributed by atoms with E-state index < -0.39 is 0 Å². The first-order chi connectivity index (χ1) is 12.6. The van der Waals surface area contributed by atoms with Gasteiger partial charge in [0.25, 0.3) is 5.56 Å². The molecule has 2 heteroatoms. The van der Waals surface area contributed by atoms with Gasteiger partial charge >= 0.3 is 0 Å². The van der Waals surface area contributed by atoms with Crippen molar-refractivity contribution in [3.8, 4) is 11.1 Å². The second-order valence-electron chi connectivity index (χ2n) is 7.51. The molecule has 0 saturated carbocycles. The third-order valence-electron chi connectivity index (χ3n) is 5.40. The monoisotopic (exact) mass is 337 g/mol. The van der Waals surface area contributed by atoms with Crippen LogP contribution in [0.3, 0.4) is 0 Å². The number of hydrogen-bond acceptors (Lipinski definition) is 1. The van der Waals surface area contributed by atoms with Gasteiger partial charge in [-0.3, -0.25) is 9.20 Å². The Balaban J connectivity index is 2.09. The van der Waals surface area contributed by atoms with Gasteiger partial charge in [-0.15, -0.1) is 0 Å². The molecule has 0 atom stereocenters. The van der Waals surface area contributed by atoms with Crippen molar-refractivity contribution < 1.29 is 0 Å². The summed E-state index contributed by atoms with van der Waals surface area (Å²) < 4.78 is 1.89. The van der Waals surface area contributed by atoms with E-state index in [1.54, 1.807) is 0 Å². The van der Waals surface area contributed by atoms with Crippen LogP contribution in [0.2, 0.25) is 0 Å². The molecule has 26 heavy (non-hydrogen) atoms. The summed E-state index contributed by atoms with van der Waals surface area (Å²) in [7, 11) is 0. The summed E-state index contributed by atoms with van der Waals surface area (Å²) in [5, 5.41) is 2.75. The average molecular weight is 337 g/mol. The van der Waals surface area contributed by atoms with Crippen LogP contribution in [-0.4, -0.2) is 4.40 Å². The lowest BCUT2D eigenvalue weighted by Crippen LogP contribution is -2.31. The average Bonchev–Trinajstić information content (AvgIpc) is 2.98. The lowest BCUT2D eigenvalue weighted by molar-refractivity contribution is 0.661. The molecule has 2 heterocycles. The standard InChI is InChI=1S/C24H19NO/c1-24(2)14-8-13-19-22(24)21(16-9-4-3-5-10-16)20-15-17-11-6-7-12-18(17)23(26)25(19)20/h3-15H,1-2H3. The minimum atomic E-state index is -0.139. The number of allylic oxidation sites excluding steroid dienone is 2. The second-order valence-corrected chi connectivity index (χ2v) is 7.51.